The number of hydrogen-bond acceptors (Lipinski definition) is 4. The first kappa shape index (κ1) is 15.6. The number of para-hydroxylation sites is 1. The van der Waals surface area contributed by atoms with Gasteiger partial charge in [-0.05, 0) is 43.3 Å². The van der Waals surface area contributed by atoms with Crippen LogP contribution < -0.4 is 0 Å². The molecule has 0 radical (unpaired) electrons. The Morgan fingerprint density at radius 2 is 1.78 bits per heavy atom. The molecule has 0 bridgehead atoms. The molecular weight excluding hydrogens is 334 g/mol. The Morgan fingerprint density at radius 3 is 2.39 bits per heavy atom. The van der Waals surface area contributed by atoms with Crippen LogP contribution in [0.1, 0.15) is 5.69 Å². The molecule has 0 N–H and O–H groups in total. The number of hydrogen-bond donors (Lipinski definition) is 0. The summed E-state index contributed by atoms with van der Waals surface area (Å²) in [7, 11) is 0. The molecule has 3 aromatic rings. The van der Waals surface area contributed by atoms with Gasteiger partial charge in [-0.15, -0.1) is 0 Å². The minimum atomic E-state index is -0.389. The molecule has 0 aliphatic carbocycles. The van der Waals surface area contributed by atoms with E-state index < -0.39 is 0 Å². The van der Waals surface area contributed by atoms with E-state index in [1.54, 1.807) is 23.7 Å². The van der Waals surface area contributed by atoms with Gasteiger partial charge >= 0.3 is 5.69 Å². The highest BCUT2D eigenvalue weighted by molar-refractivity contribution is 7.99. The van der Waals surface area contributed by atoms with Crippen LogP contribution in [-0.4, -0.2) is 14.7 Å². The highest BCUT2D eigenvalue weighted by Gasteiger charge is 2.26. The summed E-state index contributed by atoms with van der Waals surface area (Å²) in [6, 6.07) is 16.5. The van der Waals surface area contributed by atoms with Crippen molar-refractivity contribution in [2.24, 2.45) is 0 Å². The van der Waals surface area contributed by atoms with Crippen molar-refractivity contribution < 1.29 is 4.92 Å². The van der Waals surface area contributed by atoms with Gasteiger partial charge in [0.05, 0.1) is 10.6 Å². The fourth-order valence-corrected chi connectivity index (χ4v) is 3.33. The first-order valence-corrected chi connectivity index (χ1v) is 7.98. The van der Waals surface area contributed by atoms with Gasteiger partial charge in [0.2, 0.25) is 0 Å². The van der Waals surface area contributed by atoms with Gasteiger partial charge in [0.25, 0.3) is 0 Å². The normalized spacial score (nSPS) is 10.7. The van der Waals surface area contributed by atoms with Gasteiger partial charge in [-0.2, -0.15) is 5.10 Å². The standard InChI is InChI=1S/C16H12ClN3O2S/c1-11-15(20(21)22)16(23-14-9-7-12(17)8-10-14)19(18-11)13-5-3-2-4-6-13/h2-10H,1H3. The van der Waals surface area contributed by atoms with Crippen LogP contribution in [0.15, 0.2) is 64.5 Å². The van der Waals surface area contributed by atoms with E-state index in [9.17, 15) is 10.1 Å². The molecule has 0 aliphatic heterocycles. The van der Waals surface area contributed by atoms with Crippen LogP contribution in [0.3, 0.4) is 0 Å². The zero-order valence-corrected chi connectivity index (χ0v) is 13.7. The summed E-state index contributed by atoms with van der Waals surface area (Å²) in [5.41, 5.74) is 1.18. The number of aromatic nitrogens is 2. The molecule has 1 aromatic heterocycles. The maximum Gasteiger partial charge on any atom is 0.324 e. The predicted octanol–water partition coefficient (Wildman–Crippen LogP) is 4.89. The average Bonchev–Trinajstić information content (AvgIpc) is 2.87. The second-order valence-corrected chi connectivity index (χ2v) is 6.30. The van der Waals surface area contributed by atoms with E-state index in [0.29, 0.717) is 15.7 Å². The second-order valence-electron chi connectivity index (χ2n) is 4.80. The van der Waals surface area contributed by atoms with Crippen LogP contribution in [-0.2, 0) is 0 Å². The van der Waals surface area contributed by atoms with Crippen LogP contribution in [0, 0.1) is 17.0 Å². The molecule has 7 heteroatoms. The summed E-state index contributed by atoms with van der Waals surface area (Å²) in [4.78, 5) is 11.9. The number of halogens is 1. The molecule has 0 fully saturated rings. The van der Waals surface area contributed by atoms with Crippen molar-refractivity contribution in [3.63, 3.8) is 0 Å². The second kappa shape index (κ2) is 6.44. The Balaban J connectivity index is 2.12. The molecule has 0 saturated heterocycles. The van der Waals surface area contributed by atoms with Crippen molar-refractivity contribution in [3.05, 3.63) is 75.4 Å². The highest BCUT2D eigenvalue weighted by atomic mass is 35.5. The summed E-state index contributed by atoms with van der Waals surface area (Å²) in [5.74, 6) is 0. The van der Waals surface area contributed by atoms with Gasteiger partial charge in [0, 0.05) is 9.92 Å². The number of nitrogens with zero attached hydrogens (tertiary/aromatic N) is 3. The predicted molar refractivity (Wildman–Crippen MR) is 90.5 cm³/mol. The molecule has 5 nitrogen and oxygen atoms in total. The molecule has 0 spiro atoms. The van der Waals surface area contributed by atoms with E-state index in [1.165, 1.54) is 11.8 Å². The summed E-state index contributed by atoms with van der Waals surface area (Å²) in [5, 5.41) is 16.9. The summed E-state index contributed by atoms with van der Waals surface area (Å²) in [6.45, 7) is 1.64. The maximum atomic E-state index is 11.4. The van der Waals surface area contributed by atoms with Crippen molar-refractivity contribution in [1.29, 1.82) is 0 Å². The zero-order chi connectivity index (χ0) is 16.4. The quantitative estimate of drug-likeness (QED) is 0.498. The van der Waals surface area contributed by atoms with Crippen LogP contribution in [0.4, 0.5) is 5.69 Å². The number of benzene rings is 2. The lowest BCUT2D eigenvalue weighted by atomic mass is 10.3. The molecule has 3 rings (SSSR count). The molecule has 23 heavy (non-hydrogen) atoms. The van der Waals surface area contributed by atoms with E-state index in [0.717, 1.165) is 10.6 Å². The monoisotopic (exact) mass is 345 g/mol. The van der Waals surface area contributed by atoms with E-state index in [2.05, 4.69) is 5.10 Å². The zero-order valence-electron chi connectivity index (χ0n) is 12.1. The van der Waals surface area contributed by atoms with Crippen molar-refractivity contribution in [3.8, 4) is 5.69 Å². The number of aryl methyl sites for hydroxylation is 1. The first-order chi connectivity index (χ1) is 11.1. The molecule has 0 amide bonds. The van der Waals surface area contributed by atoms with Crippen LogP contribution >= 0.6 is 23.4 Å². The number of rotatable bonds is 4. The fraction of sp³-hybridized carbons (Fsp3) is 0.0625. The van der Waals surface area contributed by atoms with E-state index in [1.807, 2.05) is 42.5 Å². The molecule has 0 atom stereocenters. The molecule has 0 aliphatic rings. The van der Waals surface area contributed by atoms with Gasteiger partial charge in [-0.3, -0.25) is 10.1 Å². The average molecular weight is 346 g/mol. The molecule has 0 saturated carbocycles. The molecule has 2 aromatic carbocycles. The SMILES string of the molecule is Cc1nn(-c2ccccc2)c(Sc2ccc(Cl)cc2)c1[N+](=O)[O-]. The summed E-state index contributed by atoms with van der Waals surface area (Å²) < 4.78 is 1.60. The summed E-state index contributed by atoms with van der Waals surface area (Å²) in [6.07, 6.45) is 0. The lowest BCUT2D eigenvalue weighted by Gasteiger charge is -2.06. The minimum absolute atomic E-state index is 0.0220. The Kier molecular flexibility index (Phi) is 4.36. The molecule has 116 valence electrons. The maximum absolute atomic E-state index is 11.4. The van der Waals surface area contributed by atoms with Gasteiger partial charge in [0.15, 0.2) is 5.03 Å². The van der Waals surface area contributed by atoms with Gasteiger partial charge in [-0.25, -0.2) is 4.68 Å². The van der Waals surface area contributed by atoms with E-state index in [-0.39, 0.29) is 10.6 Å². The third-order valence-electron chi connectivity index (χ3n) is 3.20. The minimum Gasteiger partial charge on any atom is -0.258 e. The van der Waals surface area contributed by atoms with Crippen molar-refractivity contribution in [1.82, 2.24) is 9.78 Å². The van der Waals surface area contributed by atoms with E-state index >= 15 is 0 Å². The van der Waals surface area contributed by atoms with Crippen molar-refractivity contribution in [2.45, 2.75) is 16.8 Å². The highest BCUT2D eigenvalue weighted by Crippen LogP contribution is 2.38. The van der Waals surface area contributed by atoms with Crippen molar-refractivity contribution >= 4 is 29.1 Å². The lowest BCUT2D eigenvalue weighted by Crippen LogP contribution is -1.98. The van der Waals surface area contributed by atoms with E-state index in [4.69, 9.17) is 11.6 Å². The Hall–Kier alpha value is -2.31. The van der Waals surface area contributed by atoms with Crippen LogP contribution in [0.2, 0.25) is 5.02 Å². The molecular formula is C16H12ClN3O2S. The lowest BCUT2D eigenvalue weighted by molar-refractivity contribution is -0.388. The van der Waals surface area contributed by atoms with Crippen LogP contribution in [0.25, 0.3) is 5.69 Å². The largest absolute Gasteiger partial charge is 0.324 e. The molecule has 0 unspecified atom stereocenters. The Morgan fingerprint density at radius 1 is 1.13 bits per heavy atom. The third-order valence-corrected chi connectivity index (χ3v) is 4.52. The van der Waals surface area contributed by atoms with Gasteiger partial charge in [-0.1, -0.05) is 41.6 Å². The van der Waals surface area contributed by atoms with Crippen LogP contribution in [0.5, 0.6) is 0 Å². The van der Waals surface area contributed by atoms with Gasteiger partial charge in [0.1, 0.15) is 5.69 Å². The summed E-state index contributed by atoms with van der Waals surface area (Å²) >= 11 is 7.19. The number of nitro groups is 1. The van der Waals surface area contributed by atoms with Crippen molar-refractivity contribution in [2.75, 3.05) is 0 Å². The van der Waals surface area contributed by atoms with Gasteiger partial charge < -0.3 is 0 Å². The Labute approximate surface area is 142 Å². The molecule has 1 heterocycles. The third kappa shape index (κ3) is 3.23. The Bertz CT molecular complexity index is 848. The first-order valence-electron chi connectivity index (χ1n) is 6.79. The smallest absolute Gasteiger partial charge is 0.258 e. The fourth-order valence-electron chi connectivity index (χ4n) is 2.16. The topological polar surface area (TPSA) is 61.0 Å².